The molecule has 1 aromatic rings. The van der Waals surface area contributed by atoms with Crippen molar-refractivity contribution in [2.75, 3.05) is 0 Å². The van der Waals surface area contributed by atoms with Crippen molar-refractivity contribution in [1.82, 2.24) is 9.88 Å². The van der Waals surface area contributed by atoms with Gasteiger partial charge in [-0.15, -0.1) is 0 Å². The molecule has 0 spiro atoms. The average molecular weight is 313 g/mol. The van der Waals surface area contributed by atoms with E-state index in [0.29, 0.717) is 29.5 Å². The number of nitrogens with zero attached hydrogens (tertiary/aromatic N) is 1. The van der Waals surface area contributed by atoms with E-state index in [1.807, 2.05) is 0 Å². The van der Waals surface area contributed by atoms with Crippen molar-refractivity contribution in [3.05, 3.63) is 23.0 Å². The minimum absolute atomic E-state index is 0.373. The quantitative estimate of drug-likeness (QED) is 0.898. The Morgan fingerprint density at radius 1 is 1.48 bits per heavy atom. The Hall–Kier alpha value is -1.49. The fourth-order valence-corrected chi connectivity index (χ4v) is 3.25. The molecule has 0 bridgehead atoms. The number of amides is 1. The van der Waals surface area contributed by atoms with Crippen LogP contribution in [0.5, 0.6) is 0 Å². The van der Waals surface area contributed by atoms with Crippen LogP contribution in [0.2, 0.25) is 5.02 Å². The second-order valence-corrected chi connectivity index (χ2v) is 6.28. The van der Waals surface area contributed by atoms with Gasteiger partial charge in [0.2, 0.25) is 0 Å². The molecule has 1 fully saturated rings. The Bertz CT molecular complexity index is 545. The molecule has 0 radical (unpaired) electrons. The predicted octanol–water partition coefficient (Wildman–Crippen LogP) is 2.83. The first kappa shape index (κ1) is 15.9. The third-order valence-corrected chi connectivity index (χ3v) is 4.71. The van der Waals surface area contributed by atoms with Gasteiger partial charge in [0.15, 0.2) is 0 Å². The van der Waals surface area contributed by atoms with Crippen LogP contribution in [0, 0.1) is 5.92 Å². The zero-order valence-corrected chi connectivity index (χ0v) is 13.1. The summed E-state index contributed by atoms with van der Waals surface area (Å²) in [4.78, 5) is 24.0. The molecule has 2 rings (SSSR count). The summed E-state index contributed by atoms with van der Waals surface area (Å²) < 4.78 is 1.60. The lowest BCUT2D eigenvalue weighted by atomic mass is 9.75. The highest BCUT2D eigenvalue weighted by Crippen LogP contribution is 2.34. The monoisotopic (exact) mass is 312 g/mol. The van der Waals surface area contributed by atoms with Crippen LogP contribution in [0.15, 0.2) is 12.3 Å². The Labute approximate surface area is 129 Å². The normalized spacial score (nSPS) is 25.6. The van der Waals surface area contributed by atoms with Gasteiger partial charge in [-0.1, -0.05) is 24.9 Å². The lowest BCUT2D eigenvalue weighted by molar-refractivity contribution is -0.146. The summed E-state index contributed by atoms with van der Waals surface area (Å²) in [6, 6.07) is 1.55. The van der Waals surface area contributed by atoms with E-state index in [1.54, 1.807) is 23.9 Å². The molecule has 6 heteroatoms. The van der Waals surface area contributed by atoms with Crippen molar-refractivity contribution >= 4 is 23.5 Å². The van der Waals surface area contributed by atoms with E-state index in [2.05, 4.69) is 12.2 Å². The lowest BCUT2D eigenvalue weighted by Crippen LogP contribution is -2.56. The third-order valence-electron chi connectivity index (χ3n) is 4.50. The Morgan fingerprint density at radius 2 is 2.10 bits per heavy atom. The molecule has 21 heavy (non-hydrogen) atoms. The van der Waals surface area contributed by atoms with Crippen LogP contribution in [-0.2, 0) is 11.8 Å². The van der Waals surface area contributed by atoms with Crippen LogP contribution < -0.4 is 5.32 Å². The number of carboxylic acids is 1. The fraction of sp³-hybridized carbons (Fsp3) is 0.600. The molecule has 1 saturated carbocycles. The van der Waals surface area contributed by atoms with Gasteiger partial charge in [-0.05, 0) is 37.7 Å². The van der Waals surface area contributed by atoms with E-state index in [1.165, 1.54) is 0 Å². The molecule has 0 aromatic carbocycles. The van der Waals surface area contributed by atoms with Crippen LogP contribution >= 0.6 is 11.6 Å². The molecule has 0 aliphatic heterocycles. The summed E-state index contributed by atoms with van der Waals surface area (Å²) >= 11 is 5.87. The first-order chi connectivity index (χ1) is 9.88. The molecule has 1 heterocycles. The fourth-order valence-electron chi connectivity index (χ4n) is 3.00. The third kappa shape index (κ3) is 3.23. The van der Waals surface area contributed by atoms with Crippen molar-refractivity contribution in [2.24, 2.45) is 13.0 Å². The van der Waals surface area contributed by atoms with Crippen LogP contribution in [-0.4, -0.2) is 27.1 Å². The van der Waals surface area contributed by atoms with E-state index in [4.69, 9.17) is 11.6 Å². The van der Waals surface area contributed by atoms with Gasteiger partial charge in [0.25, 0.3) is 5.91 Å². The standard InChI is InChI=1S/C15H21ClN2O3/c1-3-10-4-6-15(7-5-10,14(20)21)17-13(19)12-8-11(16)9-18(12)2/h8-10H,3-7H2,1-2H3,(H,17,19)(H,20,21). The van der Waals surface area contributed by atoms with Gasteiger partial charge in [0.1, 0.15) is 11.2 Å². The number of aryl methyl sites for hydroxylation is 1. The Kier molecular flexibility index (Phi) is 4.61. The van der Waals surface area contributed by atoms with Crippen molar-refractivity contribution in [2.45, 2.75) is 44.6 Å². The molecule has 1 amide bonds. The van der Waals surface area contributed by atoms with Gasteiger partial charge in [0, 0.05) is 13.2 Å². The number of aromatic nitrogens is 1. The number of hydrogen-bond donors (Lipinski definition) is 2. The van der Waals surface area contributed by atoms with E-state index in [9.17, 15) is 14.7 Å². The molecule has 1 aliphatic carbocycles. The summed E-state index contributed by atoms with van der Waals surface area (Å²) in [6.45, 7) is 2.11. The Morgan fingerprint density at radius 3 is 2.52 bits per heavy atom. The first-order valence-electron chi connectivity index (χ1n) is 7.25. The average Bonchev–Trinajstić information content (AvgIpc) is 2.78. The maximum atomic E-state index is 12.4. The second kappa shape index (κ2) is 6.10. The molecule has 2 N–H and O–H groups in total. The summed E-state index contributed by atoms with van der Waals surface area (Å²) in [5.74, 6) is -0.786. The number of aliphatic carboxylic acids is 1. The summed E-state index contributed by atoms with van der Waals surface area (Å²) in [5.41, 5.74) is -0.780. The summed E-state index contributed by atoms with van der Waals surface area (Å²) in [5, 5.41) is 12.8. The zero-order chi connectivity index (χ0) is 15.6. The van der Waals surface area contributed by atoms with Crippen LogP contribution in [0.4, 0.5) is 0 Å². The minimum Gasteiger partial charge on any atom is -0.480 e. The van der Waals surface area contributed by atoms with E-state index < -0.39 is 11.5 Å². The van der Waals surface area contributed by atoms with Gasteiger partial charge in [-0.2, -0.15) is 0 Å². The minimum atomic E-state index is -1.15. The van der Waals surface area contributed by atoms with E-state index in [0.717, 1.165) is 19.3 Å². The van der Waals surface area contributed by atoms with Gasteiger partial charge in [0.05, 0.1) is 5.02 Å². The Balaban J connectivity index is 2.16. The number of carboxylic acid groups (broad SMARTS) is 1. The van der Waals surface area contributed by atoms with Crippen molar-refractivity contribution < 1.29 is 14.7 Å². The molecule has 0 unspecified atom stereocenters. The van der Waals surface area contributed by atoms with Crippen LogP contribution in [0.25, 0.3) is 0 Å². The molecular weight excluding hydrogens is 292 g/mol. The van der Waals surface area contributed by atoms with Crippen LogP contribution in [0.1, 0.15) is 49.5 Å². The summed E-state index contributed by atoms with van der Waals surface area (Å²) in [7, 11) is 1.71. The number of carbonyl (C=O) groups is 2. The van der Waals surface area contributed by atoms with Gasteiger partial charge in [-0.25, -0.2) is 4.79 Å². The largest absolute Gasteiger partial charge is 0.480 e. The van der Waals surface area contributed by atoms with E-state index in [-0.39, 0.29) is 5.91 Å². The smallest absolute Gasteiger partial charge is 0.329 e. The molecule has 5 nitrogen and oxygen atoms in total. The predicted molar refractivity (Wildman–Crippen MR) is 80.5 cm³/mol. The highest BCUT2D eigenvalue weighted by molar-refractivity contribution is 6.31. The van der Waals surface area contributed by atoms with Gasteiger partial charge in [-0.3, -0.25) is 4.79 Å². The second-order valence-electron chi connectivity index (χ2n) is 5.85. The maximum Gasteiger partial charge on any atom is 0.329 e. The van der Waals surface area contributed by atoms with E-state index >= 15 is 0 Å². The molecule has 116 valence electrons. The number of rotatable bonds is 4. The molecule has 1 aliphatic rings. The number of nitrogens with one attached hydrogen (secondary N) is 1. The molecular formula is C15H21ClN2O3. The maximum absolute atomic E-state index is 12.4. The molecule has 0 saturated heterocycles. The zero-order valence-electron chi connectivity index (χ0n) is 12.4. The summed E-state index contributed by atoms with van der Waals surface area (Å²) in [6.07, 6.45) is 5.29. The van der Waals surface area contributed by atoms with Gasteiger partial charge < -0.3 is 15.0 Å². The first-order valence-corrected chi connectivity index (χ1v) is 7.63. The molecule has 1 aromatic heterocycles. The topological polar surface area (TPSA) is 71.3 Å². The SMILES string of the molecule is CCC1CCC(NC(=O)c2cc(Cl)cn2C)(C(=O)O)CC1. The highest BCUT2D eigenvalue weighted by Gasteiger charge is 2.43. The highest BCUT2D eigenvalue weighted by atomic mass is 35.5. The van der Waals surface area contributed by atoms with Crippen LogP contribution in [0.3, 0.4) is 0 Å². The van der Waals surface area contributed by atoms with Gasteiger partial charge >= 0.3 is 5.97 Å². The van der Waals surface area contributed by atoms with Crippen molar-refractivity contribution in [1.29, 1.82) is 0 Å². The molecule has 0 atom stereocenters. The number of carbonyl (C=O) groups excluding carboxylic acids is 1. The van der Waals surface area contributed by atoms with Crippen molar-refractivity contribution in [3.8, 4) is 0 Å². The van der Waals surface area contributed by atoms with Crippen molar-refractivity contribution in [3.63, 3.8) is 0 Å². The number of halogens is 1. The number of hydrogen-bond acceptors (Lipinski definition) is 2. The lowest BCUT2D eigenvalue weighted by Gasteiger charge is -2.37.